The molecule has 30 heavy (non-hydrogen) atoms. The maximum absolute atomic E-state index is 5.64. The summed E-state index contributed by atoms with van der Waals surface area (Å²) in [6, 6.07) is 8.06. The van der Waals surface area contributed by atoms with Gasteiger partial charge in [-0.05, 0) is 88.7 Å². The fourth-order valence-electron chi connectivity index (χ4n) is 5.31. The standard InChI is InChI=1S/C25H42N2O3/c1-26(21-6-10-23(28-3)11-7-21)17-19-14-20(16-25(15-19)30-5)18-27(2)22-8-12-24(29-4)13-9-22/h14-16,21-24H,6-13,17-18H2,1-5H3. The van der Waals surface area contributed by atoms with Gasteiger partial charge < -0.3 is 14.2 Å². The number of rotatable bonds is 9. The molecule has 5 heteroatoms. The van der Waals surface area contributed by atoms with Gasteiger partial charge in [-0.3, -0.25) is 9.80 Å². The summed E-state index contributed by atoms with van der Waals surface area (Å²) in [4.78, 5) is 5.03. The molecule has 0 radical (unpaired) electrons. The SMILES string of the molecule is COc1cc(CN(C)C2CCC(OC)CC2)cc(CN(C)C2CCC(OC)CC2)c1. The van der Waals surface area contributed by atoms with Crippen LogP contribution in [-0.4, -0.2) is 69.5 Å². The Balaban J connectivity index is 1.59. The molecule has 2 aliphatic carbocycles. The molecule has 0 aliphatic heterocycles. The van der Waals surface area contributed by atoms with Gasteiger partial charge in [0.2, 0.25) is 0 Å². The van der Waals surface area contributed by atoms with Crippen molar-refractivity contribution in [2.75, 3.05) is 35.4 Å². The Morgan fingerprint density at radius 1 is 0.667 bits per heavy atom. The molecule has 1 aromatic rings. The second kappa shape index (κ2) is 11.5. The summed E-state index contributed by atoms with van der Waals surface area (Å²) < 4.78 is 16.7. The molecule has 1 aromatic carbocycles. The van der Waals surface area contributed by atoms with Crippen LogP contribution in [0.5, 0.6) is 5.75 Å². The lowest BCUT2D eigenvalue weighted by Crippen LogP contribution is -2.37. The molecule has 0 aromatic heterocycles. The molecule has 2 fully saturated rings. The van der Waals surface area contributed by atoms with Crippen molar-refractivity contribution >= 4 is 0 Å². The van der Waals surface area contributed by atoms with Gasteiger partial charge in [0.25, 0.3) is 0 Å². The van der Waals surface area contributed by atoms with Crippen LogP contribution in [0.1, 0.15) is 62.5 Å². The highest BCUT2D eigenvalue weighted by molar-refractivity contribution is 5.34. The molecule has 0 unspecified atom stereocenters. The molecule has 0 saturated heterocycles. The monoisotopic (exact) mass is 418 g/mol. The lowest BCUT2D eigenvalue weighted by atomic mass is 9.91. The molecule has 0 amide bonds. The second-order valence-corrected chi connectivity index (χ2v) is 9.35. The van der Waals surface area contributed by atoms with Gasteiger partial charge in [0, 0.05) is 39.4 Å². The molecular weight excluding hydrogens is 376 g/mol. The second-order valence-electron chi connectivity index (χ2n) is 9.35. The third-order valence-electron chi connectivity index (χ3n) is 7.33. The molecule has 0 spiro atoms. The van der Waals surface area contributed by atoms with Gasteiger partial charge in [0.05, 0.1) is 19.3 Å². The normalized spacial score (nSPS) is 27.6. The fourth-order valence-corrected chi connectivity index (χ4v) is 5.31. The van der Waals surface area contributed by atoms with Crippen LogP contribution in [0, 0.1) is 0 Å². The molecule has 3 rings (SSSR count). The summed E-state index contributed by atoms with van der Waals surface area (Å²) in [6.07, 6.45) is 10.5. The van der Waals surface area contributed by atoms with Crippen LogP contribution in [0.2, 0.25) is 0 Å². The average Bonchev–Trinajstić information content (AvgIpc) is 2.78. The lowest BCUT2D eigenvalue weighted by Gasteiger charge is -2.35. The Bertz CT molecular complexity index is 587. The summed E-state index contributed by atoms with van der Waals surface area (Å²) in [6.45, 7) is 1.93. The first kappa shape index (κ1) is 23.5. The lowest BCUT2D eigenvalue weighted by molar-refractivity contribution is 0.0424. The third-order valence-corrected chi connectivity index (χ3v) is 7.33. The van der Waals surface area contributed by atoms with Gasteiger partial charge in [-0.2, -0.15) is 0 Å². The Morgan fingerprint density at radius 3 is 1.40 bits per heavy atom. The minimum Gasteiger partial charge on any atom is -0.497 e. The topological polar surface area (TPSA) is 34.2 Å². The Kier molecular flexibility index (Phi) is 8.99. The smallest absolute Gasteiger partial charge is 0.119 e. The molecule has 170 valence electrons. The van der Waals surface area contributed by atoms with Crippen molar-refractivity contribution in [3.63, 3.8) is 0 Å². The van der Waals surface area contributed by atoms with Gasteiger partial charge in [0.1, 0.15) is 5.75 Å². The van der Waals surface area contributed by atoms with Crippen LogP contribution in [0.15, 0.2) is 18.2 Å². The van der Waals surface area contributed by atoms with E-state index in [4.69, 9.17) is 14.2 Å². The van der Waals surface area contributed by atoms with Crippen LogP contribution in [0.3, 0.4) is 0 Å². The number of hydrogen-bond acceptors (Lipinski definition) is 5. The van der Waals surface area contributed by atoms with Gasteiger partial charge in [-0.1, -0.05) is 6.07 Å². The number of ether oxygens (including phenoxy) is 3. The first-order chi connectivity index (χ1) is 14.5. The molecule has 2 saturated carbocycles. The van der Waals surface area contributed by atoms with Gasteiger partial charge in [-0.25, -0.2) is 0 Å². The Labute approximate surface area is 183 Å². The van der Waals surface area contributed by atoms with E-state index in [0.717, 1.165) is 18.8 Å². The Hall–Kier alpha value is -1.14. The predicted octanol–water partition coefficient (Wildman–Crippen LogP) is 4.47. The van der Waals surface area contributed by atoms with E-state index in [1.807, 2.05) is 14.2 Å². The van der Waals surface area contributed by atoms with Crippen molar-refractivity contribution in [3.8, 4) is 5.75 Å². The van der Waals surface area contributed by atoms with Crippen molar-refractivity contribution in [3.05, 3.63) is 29.3 Å². The zero-order chi connectivity index (χ0) is 21.5. The maximum atomic E-state index is 5.64. The maximum Gasteiger partial charge on any atom is 0.119 e. The largest absolute Gasteiger partial charge is 0.497 e. The fraction of sp³-hybridized carbons (Fsp3) is 0.760. The highest BCUT2D eigenvalue weighted by atomic mass is 16.5. The summed E-state index contributed by atoms with van der Waals surface area (Å²) in [5.74, 6) is 0.968. The third kappa shape index (κ3) is 6.43. The van der Waals surface area contributed by atoms with Gasteiger partial charge in [0.15, 0.2) is 0 Å². The Morgan fingerprint density at radius 2 is 1.07 bits per heavy atom. The summed E-state index contributed by atoms with van der Waals surface area (Å²) in [5.41, 5.74) is 2.69. The summed E-state index contributed by atoms with van der Waals surface area (Å²) in [7, 11) is 9.97. The molecule has 0 bridgehead atoms. The van der Waals surface area contributed by atoms with Gasteiger partial charge in [-0.15, -0.1) is 0 Å². The quantitative estimate of drug-likeness (QED) is 0.591. The van der Waals surface area contributed by atoms with Crippen molar-refractivity contribution in [2.24, 2.45) is 0 Å². The zero-order valence-corrected chi connectivity index (χ0v) is 19.7. The number of nitrogens with zero attached hydrogens (tertiary/aromatic N) is 2. The molecule has 0 atom stereocenters. The van der Waals surface area contributed by atoms with E-state index in [2.05, 4.69) is 42.1 Å². The minimum atomic E-state index is 0.451. The number of benzene rings is 1. The van der Waals surface area contributed by atoms with Crippen LogP contribution >= 0.6 is 0 Å². The van der Waals surface area contributed by atoms with Crippen molar-refractivity contribution in [1.29, 1.82) is 0 Å². The van der Waals surface area contributed by atoms with Crippen LogP contribution in [0.4, 0.5) is 0 Å². The van der Waals surface area contributed by atoms with Gasteiger partial charge >= 0.3 is 0 Å². The predicted molar refractivity (Wildman–Crippen MR) is 122 cm³/mol. The first-order valence-electron chi connectivity index (χ1n) is 11.6. The van der Waals surface area contributed by atoms with Crippen LogP contribution < -0.4 is 4.74 Å². The molecule has 2 aliphatic rings. The molecule has 0 N–H and O–H groups in total. The summed E-state index contributed by atoms with van der Waals surface area (Å²) in [5, 5.41) is 0. The van der Waals surface area contributed by atoms with E-state index in [9.17, 15) is 0 Å². The highest BCUT2D eigenvalue weighted by Gasteiger charge is 2.25. The number of hydrogen-bond donors (Lipinski definition) is 0. The zero-order valence-electron chi connectivity index (χ0n) is 19.7. The molecule has 0 heterocycles. The van der Waals surface area contributed by atoms with Crippen molar-refractivity contribution < 1.29 is 14.2 Å². The van der Waals surface area contributed by atoms with E-state index in [1.54, 1.807) is 7.11 Å². The first-order valence-corrected chi connectivity index (χ1v) is 11.6. The van der Waals surface area contributed by atoms with Crippen LogP contribution in [-0.2, 0) is 22.6 Å². The minimum absolute atomic E-state index is 0.451. The van der Waals surface area contributed by atoms with E-state index >= 15 is 0 Å². The number of methoxy groups -OCH3 is 3. The highest BCUT2D eigenvalue weighted by Crippen LogP contribution is 2.28. The average molecular weight is 419 g/mol. The van der Waals surface area contributed by atoms with Crippen LogP contribution in [0.25, 0.3) is 0 Å². The van der Waals surface area contributed by atoms with E-state index in [1.165, 1.54) is 62.5 Å². The van der Waals surface area contributed by atoms with E-state index in [-0.39, 0.29) is 0 Å². The van der Waals surface area contributed by atoms with E-state index in [0.29, 0.717) is 24.3 Å². The molecule has 5 nitrogen and oxygen atoms in total. The van der Waals surface area contributed by atoms with Crippen molar-refractivity contribution in [2.45, 2.75) is 88.7 Å². The summed E-state index contributed by atoms with van der Waals surface area (Å²) >= 11 is 0. The van der Waals surface area contributed by atoms with Crippen molar-refractivity contribution in [1.82, 2.24) is 9.80 Å². The van der Waals surface area contributed by atoms with E-state index < -0.39 is 0 Å². The molecular formula is C25H42N2O3.